The molecule has 0 aromatic heterocycles. The summed E-state index contributed by atoms with van der Waals surface area (Å²) < 4.78 is 28.1. The highest BCUT2D eigenvalue weighted by Crippen LogP contribution is 2.29. The third-order valence-electron chi connectivity index (χ3n) is 8.20. The van der Waals surface area contributed by atoms with E-state index in [0.717, 1.165) is 54.0 Å². The minimum absolute atomic E-state index is 0.0467. The van der Waals surface area contributed by atoms with Gasteiger partial charge in [-0.25, -0.2) is 8.42 Å². The molecule has 8 nitrogen and oxygen atoms in total. The van der Waals surface area contributed by atoms with Crippen molar-refractivity contribution in [1.29, 1.82) is 0 Å². The maximum absolute atomic E-state index is 13.6. The van der Waals surface area contributed by atoms with Gasteiger partial charge in [-0.2, -0.15) is 4.31 Å². The molecule has 10 heteroatoms. The van der Waals surface area contributed by atoms with Crippen LogP contribution in [0.4, 0.5) is 0 Å². The summed E-state index contributed by atoms with van der Waals surface area (Å²) in [6.45, 7) is 9.77. The zero-order valence-corrected chi connectivity index (χ0v) is 24.3. The zero-order chi connectivity index (χ0) is 27.6. The molecule has 4 rings (SSSR count). The van der Waals surface area contributed by atoms with Gasteiger partial charge in [-0.1, -0.05) is 37.6 Å². The molecule has 0 N–H and O–H groups in total. The molecule has 2 aromatic carbocycles. The molecular weight excluding hydrogens is 524 g/mol. The van der Waals surface area contributed by atoms with Gasteiger partial charge in [0, 0.05) is 37.7 Å². The van der Waals surface area contributed by atoms with E-state index in [9.17, 15) is 18.0 Å². The first-order chi connectivity index (χ1) is 18.1. The molecule has 0 spiro atoms. The Morgan fingerprint density at radius 2 is 1.74 bits per heavy atom. The normalized spacial score (nSPS) is 21.6. The van der Waals surface area contributed by atoms with Crippen LogP contribution in [0.2, 0.25) is 5.02 Å². The Hall–Kier alpha value is -2.20. The van der Waals surface area contributed by atoms with Crippen molar-refractivity contribution in [3.05, 3.63) is 41.4 Å². The van der Waals surface area contributed by atoms with Crippen molar-refractivity contribution >= 4 is 44.2 Å². The van der Waals surface area contributed by atoms with Crippen molar-refractivity contribution in [2.75, 3.05) is 39.8 Å². The highest BCUT2D eigenvalue weighted by molar-refractivity contribution is 7.89. The first-order valence-corrected chi connectivity index (χ1v) is 15.4. The van der Waals surface area contributed by atoms with Gasteiger partial charge in [0.15, 0.2) is 0 Å². The molecule has 2 aliphatic rings. The van der Waals surface area contributed by atoms with Crippen LogP contribution in [0.1, 0.15) is 46.5 Å². The second-order valence-corrected chi connectivity index (χ2v) is 12.8. The first kappa shape index (κ1) is 28.8. The predicted molar refractivity (Wildman–Crippen MR) is 151 cm³/mol. The van der Waals surface area contributed by atoms with Crippen LogP contribution in [0.3, 0.4) is 0 Å². The fourth-order valence-corrected chi connectivity index (χ4v) is 7.29. The smallest absolute Gasteiger partial charge is 0.245 e. The highest BCUT2D eigenvalue weighted by Gasteiger charge is 2.44. The summed E-state index contributed by atoms with van der Waals surface area (Å²) in [6, 6.07) is 8.80. The number of benzene rings is 2. The van der Waals surface area contributed by atoms with E-state index >= 15 is 0 Å². The largest absolute Gasteiger partial charge is 0.337 e. The van der Waals surface area contributed by atoms with E-state index in [0.29, 0.717) is 24.5 Å². The Labute approximate surface area is 231 Å². The lowest BCUT2D eigenvalue weighted by atomic mass is 10.00. The number of amides is 2. The van der Waals surface area contributed by atoms with Gasteiger partial charge in [0.1, 0.15) is 12.1 Å². The molecule has 2 saturated heterocycles. The molecular formula is C28H39ClN4O4S. The molecule has 208 valence electrons. The monoisotopic (exact) mass is 562 g/mol. The lowest BCUT2D eigenvalue weighted by Gasteiger charge is -2.41. The van der Waals surface area contributed by atoms with E-state index < -0.39 is 22.1 Å². The second kappa shape index (κ2) is 11.9. The molecule has 3 atom stereocenters. The number of likely N-dealkylation sites (N-methyl/N-ethyl adjacent to an activating group) is 2. The molecule has 1 unspecified atom stereocenters. The number of hydrogen-bond donors (Lipinski definition) is 0. The van der Waals surface area contributed by atoms with Gasteiger partial charge in [0.25, 0.3) is 0 Å². The van der Waals surface area contributed by atoms with Crippen LogP contribution in [-0.4, -0.2) is 97.1 Å². The van der Waals surface area contributed by atoms with Crippen LogP contribution in [0.25, 0.3) is 10.8 Å². The van der Waals surface area contributed by atoms with Gasteiger partial charge in [-0.15, -0.1) is 0 Å². The van der Waals surface area contributed by atoms with Gasteiger partial charge < -0.3 is 14.7 Å². The Bertz CT molecular complexity index is 1280. The van der Waals surface area contributed by atoms with Crippen molar-refractivity contribution < 1.29 is 18.0 Å². The van der Waals surface area contributed by atoms with Crippen LogP contribution in [-0.2, 0) is 19.6 Å². The Morgan fingerprint density at radius 1 is 1.05 bits per heavy atom. The number of sulfonamides is 1. The molecule has 38 heavy (non-hydrogen) atoms. The van der Waals surface area contributed by atoms with Crippen molar-refractivity contribution in [2.24, 2.45) is 0 Å². The Kier molecular flexibility index (Phi) is 9.02. The van der Waals surface area contributed by atoms with Crippen molar-refractivity contribution in [2.45, 2.75) is 69.5 Å². The second-order valence-electron chi connectivity index (χ2n) is 10.4. The van der Waals surface area contributed by atoms with E-state index in [1.807, 2.05) is 4.90 Å². The molecule has 0 saturated carbocycles. The molecule has 2 aliphatic heterocycles. The minimum Gasteiger partial charge on any atom is -0.337 e. The Balaban J connectivity index is 1.48. The summed E-state index contributed by atoms with van der Waals surface area (Å²) in [7, 11) is -2.47. The summed E-state index contributed by atoms with van der Waals surface area (Å²) in [6.07, 6.45) is 3.37. The predicted octanol–water partition coefficient (Wildman–Crippen LogP) is 3.83. The summed E-state index contributed by atoms with van der Waals surface area (Å²) >= 11 is 6.06. The molecule has 2 fully saturated rings. The third-order valence-corrected chi connectivity index (χ3v) is 10.3. The van der Waals surface area contributed by atoms with E-state index in [2.05, 4.69) is 18.7 Å². The maximum atomic E-state index is 13.6. The van der Waals surface area contributed by atoms with Crippen LogP contribution < -0.4 is 0 Å². The average molecular weight is 563 g/mol. The van der Waals surface area contributed by atoms with E-state index in [4.69, 9.17) is 11.6 Å². The first-order valence-electron chi connectivity index (χ1n) is 13.6. The van der Waals surface area contributed by atoms with Gasteiger partial charge in [0.05, 0.1) is 4.90 Å². The number of fused-ring (bicyclic) bond motifs is 1. The molecule has 0 radical (unpaired) electrons. The van der Waals surface area contributed by atoms with Crippen LogP contribution >= 0.6 is 11.6 Å². The highest BCUT2D eigenvalue weighted by atomic mass is 35.5. The quantitative estimate of drug-likeness (QED) is 0.464. The van der Waals surface area contributed by atoms with Crippen LogP contribution in [0.15, 0.2) is 41.3 Å². The van der Waals surface area contributed by atoms with Crippen LogP contribution in [0, 0.1) is 0 Å². The molecule has 2 heterocycles. The number of rotatable bonds is 9. The van der Waals surface area contributed by atoms with E-state index in [-0.39, 0.29) is 22.8 Å². The van der Waals surface area contributed by atoms with Gasteiger partial charge >= 0.3 is 0 Å². The summed E-state index contributed by atoms with van der Waals surface area (Å²) in [5.41, 5.74) is 0. The topological polar surface area (TPSA) is 81.2 Å². The summed E-state index contributed by atoms with van der Waals surface area (Å²) in [5, 5.41) is 2.17. The Morgan fingerprint density at radius 3 is 2.45 bits per heavy atom. The molecule has 0 bridgehead atoms. The fourth-order valence-electron chi connectivity index (χ4n) is 5.73. The SMILES string of the molecule is CCN(CC)CC1CCCCN1C(=O)[C@H](C)N1CC[C@H](N(C)S(=O)(=O)c2ccc3cc(Cl)ccc3c2)C1=O. The lowest BCUT2D eigenvalue weighted by molar-refractivity contribution is -0.146. The fraction of sp³-hybridized carbons (Fsp3) is 0.571. The van der Waals surface area contributed by atoms with Crippen molar-refractivity contribution in [1.82, 2.24) is 19.0 Å². The van der Waals surface area contributed by atoms with Crippen LogP contribution in [0.5, 0.6) is 0 Å². The number of hydrogen-bond acceptors (Lipinski definition) is 5. The minimum atomic E-state index is -3.92. The molecule has 2 aromatic rings. The van der Waals surface area contributed by atoms with Gasteiger partial charge in [0.2, 0.25) is 21.8 Å². The number of carbonyl (C=O) groups is 2. The third kappa shape index (κ3) is 5.71. The zero-order valence-electron chi connectivity index (χ0n) is 22.8. The number of nitrogens with zero attached hydrogens (tertiary/aromatic N) is 4. The number of carbonyl (C=O) groups excluding carboxylic acids is 2. The molecule has 2 amide bonds. The average Bonchev–Trinajstić information content (AvgIpc) is 3.30. The summed E-state index contributed by atoms with van der Waals surface area (Å²) in [5.74, 6) is -0.364. The van der Waals surface area contributed by atoms with Gasteiger partial charge in [-0.05, 0) is 80.7 Å². The van der Waals surface area contributed by atoms with Crippen molar-refractivity contribution in [3.8, 4) is 0 Å². The van der Waals surface area contributed by atoms with E-state index in [1.54, 1.807) is 48.2 Å². The molecule has 0 aliphatic carbocycles. The standard InChI is InChI=1S/C28H39ClN4O4S/c1-5-31(6-2)19-24-9-7-8-15-33(24)27(34)20(3)32-16-14-26(28(32)35)30(4)38(36,37)25-13-11-21-17-23(29)12-10-22(21)18-25/h10-13,17-18,20,24,26H,5-9,14-16,19H2,1-4H3/t20-,24?,26-/m0/s1. The maximum Gasteiger partial charge on any atom is 0.245 e. The number of piperidine rings is 1. The van der Waals surface area contributed by atoms with Gasteiger partial charge in [-0.3, -0.25) is 9.59 Å². The number of halogens is 1. The van der Waals surface area contributed by atoms with E-state index in [1.165, 1.54) is 7.05 Å². The van der Waals surface area contributed by atoms with Crippen molar-refractivity contribution in [3.63, 3.8) is 0 Å². The number of likely N-dealkylation sites (tertiary alicyclic amines) is 2. The summed E-state index contributed by atoms with van der Waals surface area (Å²) in [4.78, 5) is 33.1. The lowest BCUT2D eigenvalue weighted by Crippen LogP contribution is -2.56.